The van der Waals surface area contributed by atoms with Crippen molar-refractivity contribution in [3.05, 3.63) is 60.2 Å². The molecule has 182 valence electrons. The number of hydroxylamine groups is 2. The van der Waals surface area contributed by atoms with E-state index >= 15 is 0 Å². The Morgan fingerprint density at radius 1 is 1.09 bits per heavy atom. The SMILES string of the molecule is Nc1nc2ccccc2c2c1N=C(c1ccccc1)[N+]2(CCC1CCNCC1)OC(=O)C(F)(F)F. The van der Waals surface area contributed by atoms with Gasteiger partial charge in [0, 0.05) is 6.42 Å². The van der Waals surface area contributed by atoms with E-state index in [-0.39, 0.29) is 29.8 Å². The van der Waals surface area contributed by atoms with Crippen LogP contribution in [0.4, 0.5) is 30.4 Å². The van der Waals surface area contributed by atoms with Crippen molar-refractivity contribution >= 4 is 39.9 Å². The Morgan fingerprint density at radius 3 is 2.49 bits per heavy atom. The number of fused-ring (bicyclic) bond motifs is 3. The zero-order valence-electron chi connectivity index (χ0n) is 18.9. The number of nitrogens with one attached hydrogen (secondary N) is 1. The summed E-state index contributed by atoms with van der Waals surface area (Å²) in [5, 5.41) is 3.83. The number of hydrogen-bond donors (Lipinski definition) is 2. The minimum atomic E-state index is -5.18. The van der Waals surface area contributed by atoms with E-state index in [2.05, 4.69) is 15.3 Å². The Kier molecular flexibility index (Phi) is 5.94. The second-order valence-electron chi connectivity index (χ2n) is 8.83. The van der Waals surface area contributed by atoms with Crippen molar-refractivity contribution in [2.45, 2.75) is 25.4 Å². The number of benzene rings is 2. The monoisotopic (exact) mass is 484 g/mol. The summed E-state index contributed by atoms with van der Waals surface area (Å²) in [5.41, 5.74) is 7.81. The van der Waals surface area contributed by atoms with Crippen molar-refractivity contribution in [2.75, 3.05) is 25.4 Å². The molecule has 3 heterocycles. The van der Waals surface area contributed by atoms with E-state index in [0.717, 1.165) is 25.9 Å². The van der Waals surface area contributed by atoms with Crippen molar-refractivity contribution in [3.63, 3.8) is 0 Å². The van der Waals surface area contributed by atoms with Crippen LogP contribution in [0.1, 0.15) is 24.8 Å². The first-order valence-corrected chi connectivity index (χ1v) is 11.5. The lowest BCUT2D eigenvalue weighted by molar-refractivity contribution is -0.223. The van der Waals surface area contributed by atoms with E-state index in [1.165, 1.54) is 0 Å². The number of piperidine rings is 1. The lowest BCUT2D eigenvalue weighted by atomic mass is 9.94. The Labute approximate surface area is 200 Å². The molecule has 1 fully saturated rings. The van der Waals surface area contributed by atoms with E-state index in [0.29, 0.717) is 28.6 Å². The number of nitrogens with zero attached hydrogens (tertiary/aromatic N) is 3. The summed E-state index contributed by atoms with van der Waals surface area (Å²) in [5.74, 6) is -1.77. The predicted molar refractivity (Wildman–Crippen MR) is 128 cm³/mol. The van der Waals surface area contributed by atoms with Crippen molar-refractivity contribution in [2.24, 2.45) is 10.9 Å². The van der Waals surface area contributed by atoms with E-state index in [9.17, 15) is 18.0 Å². The van der Waals surface area contributed by atoms with Crippen LogP contribution in [0.25, 0.3) is 10.9 Å². The van der Waals surface area contributed by atoms with Gasteiger partial charge in [-0.3, -0.25) is 4.84 Å². The minimum absolute atomic E-state index is 0.0667. The van der Waals surface area contributed by atoms with E-state index < -0.39 is 16.8 Å². The normalized spacial score (nSPS) is 20.5. The number of carbonyl (C=O) groups excluding carboxylic acids is 1. The number of nitrogens with two attached hydrogens (primary N) is 1. The van der Waals surface area contributed by atoms with Gasteiger partial charge in [0.25, 0.3) is 5.84 Å². The van der Waals surface area contributed by atoms with E-state index in [1.807, 2.05) is 0 Å². The summed E-state index contributed by atoms with van der Waals surface area (Å²) < 4.78 is 40.0. The lowest BCUT2D eigenvalue weighted by Crippen LogP contribution is -2.57. The third kappa shape index (κ3) is 4.23. The largest absolute Gasteiger partial charge is 0.497 e. The maximum atomic E-state index is 13.6. The van der Waals surface area contributed by atoms with Crippen LogP contribution >= 0.6 is 0 Å². The zero-order chi connectivity index (χ0) is 24.6. The lowest BCUT2D eigenvalue weighted by Gasteiger charge is -2.33. The van der Waals surface area contributed by atoms with Gasteiger partial charge in [0.1, 0.15) is 6.54 Å². The molecule has 7 nitrogen and oxygen atoms in total. The molecule has 35 heavy (non-hydrogen) atoms. The van der Waals surface area contributed by atoms with Gasteiger partial charge < -0.3 is 11.1 Å². The Hall–Kier alpha value is -3.50. The maximum Gasteiger partial charge on any atom is 0.497 e. The fourth-order valence-corrected chi connectivity index (χ4v) is 4.91. The number of pyridine rings is 1. The molecule has 0 saturated carbocycles. The molecular weight excluding hydrogens is 459 g/mol. The molecule has 3 aromatic rings. The second kappa shape index (κ2) is 8.94. The third-order valence-corrected chi connectivity index (χ3v) is 6.60. The number of para-hydroxylation sites is 1. The van der Waals surface area contributed by atoms with E-state index in [4.69, 9.17) is 10.6 Å². The van der Waals surface area contributed by atoms with Gasteiger partial charge in [0.2, 0.25) is 5.69 Å². The molecule has 0 aliphatic carbocycles. The number of halogens is 3. The summed E-state index contributed by atoms with van der Waals surface area (Å²) in [6.45, 7) is 1.76. The number of rotatable bonds is 5. The number of amidine groups is 1. The third-order valence-electron chi connectivity index (χ3n) is 6.60. The Balaban J connectivity index is 1.73. The molecular formula is C25H25F3N5O2+. The summed E-state index contributed by atoms with van der Waals surface area (Å²) in [4.78, 5) is 26.9. The molecule has 0 radical (unpaired) electrons. The standard InChI is InChI=1S/C25H25F3N5O2/c26-25(27,28)24(34)35-33(15-12-16-10-13-30-14-11-16)21-18-8-4-5-9-19(18)31-22(29)20(21)32-23(33)17-6-2-1-3-7-17/h1-9,16,30H,10-15H2,(H2,29,31)/q+1. The van der Waals surface area contributed by atoms with Crippen LogP contribution in [0.3, 0.4) is 0 Å². The Bertz CT molecular complexity index is 1290. The molecule has 2 aliphatic heterocycles. The average Bonchev–Trinajstić information content (AvgIpc) is 3.19. The number of nitrogen functional groups attached to an aromatic ring is 1. The van der Waals surface area contributed by atoms with E-state index in [1.54, 1.807) is 54.6 Å². The van der Waals surface area contributed by atoms with Gasteiger partial charge in [-0.25, -0.2) is 9.78 Å². The molecule has 0 amide bonds. The van der Waals surface area contributed by atoms with Crippen LogP contribution in [0.2, 0.25) is 0 Å². The summed E-state index contributed by atoms with van der Waals surface area (Å²) in [7, 11) is 0. The number of alkyl halides is 3. The van der Waals surface area contributed by atoms with Gasteiger partial charge in [0.15, 0.2) is 11.5 Å². The number of carbonyl (C=O) groups is 1. The second-order valence-corrected chi connectivity index (χ2v) is 8.83. The zero-order valence-corrected chi connectivity index (χ0v) is 18.9. The highest BCUT2D eigenvalue weighted by molar-refractivity contribution is 6.18. The van der Waals surface area contributed by atoms with Gasteiger partial charge >= 0.3 is 12.1 Å². The fraction of sp³-hybridized carbons (Fsp3) is 0.320. The molecule has 1 aromatic heterocycles. The first kappa shape index (κ1) is 23.3. The molecule has 2 aliphatic rings. The van der Waals surface area contributed by atoms with Crippen LogP contribution in [0, 0.1) is 5.92 Å². The maximum absolute atomic E-state index is 13.6. The number of aliphatic imine (C=N–C) groups is 1. The van der Waals surface area contributed by atoms with Crippen LogP contribution < -0.4 is 15.7 Å². The van der Waals surface area contributed by atoms with Gasteiger partial charge in [-0.05, 0) is 60.8 Å². The van der Waals surface area contributed by atoms with Crippen molar-refractivity contribution in [1.82, 2.24) is 14.9 Å². The highest BCUT2D eigenvalue weighted by Gasteiger charge is 2.56. The molecule has 0 spiro atoms. The van der Waals surface area contributed by atoms with Gasteiger partial charge in [0.05, 0.1) is 16.5 Å². The highest BCUT2D eigenvalue weighted by atomic mass is 19.4. The number of aromatic nitrogens is 1. The quantitative estimate of drug-likeness (QED) is 0.516. The number of quaternary nitrogens is 1. The average molecular weight is 485 g/mol. The molecule has 3 N–H and O–H groups in total. The van der Waals surface area contributed by atoms with Gasteiger partial charge in [-0.1, -0.05) is 30.3 Å². The van der Waals surface area contributed by atoms with Crippen molar-refractivity contribution in [3.8, 4) is 0 Å². The first-order chi connectivity index (χ1) is 16.8. The first-order valence-electron chi connectivity index (χ1n) is 11.5. The topological polar surface area (TPSA) is 89.6 Å². The number of anilines is 1. The predicted octanol–water partition coefficient (Wildman–Crippen LogP) is 4.63. The summed E-state index contributed by atoms with van der Waals surface area (Å²) in [6, 6.07) is 15.8. The number of hydrogen-bond acceptors (Lipinski definition) is 6. The summed E-state index contributed by atoms with van der Waals surface area (Å²) >= 11 is 0. The van der Waals surface area contributed by atoms with Crippen LogP contribution in [-0.2, 0) is 9.63 Å². The van der Waals surface area contributed by atoms with Crippen LogP contribution in [0.5, 0.6) is 0 Å². The molecule has 5 rings (SSSR count). The Morgan fingerprint density at radius 2 is 1.77 bits per heavy atom. The highest BCUT2D eigenvalue weighted by Crippen LogP contribution is 2.50. The molecule has 2 aromatic carbocycles. The molecule has 1 atom stereocenters. The van der Waals surface area contributed by atoms with Crippen molar-refractivity contribution in [1.29, 1.82) is 0 Å². The van der Waals surface area contributed by atoms with Gasteiger partial charge in [-0.2, -0.15) is 18.2 Å². The minimum Gasteiger partial charge on any atom is -0.382 e. The molecule has 0 bridgehead atoms. The molecule has 1 unspecified atom stereocenters. The fourth-order valence-electron chi connectivity index (χ4n) is 4.91. The summed E-state index contributed by atoms with van der Waals surface area (Å²) in [6.07, 6.45) is -2.87. The van der Waals surface area contributed by atoms with Crippen molar-refractivity contribution < 1.29 is 22.8 Å². The van der Waals surface area contributed by atoms with Gasteiger partial charge in [-0.15, -0.1) is 0 Å². The smallest absolute Gasteiger partial charge is 0.382 e. The molecule has 1 saturated heterocycles. The van der Waals surface area contributed by atoms with Crippen LogP contribution in [-0.4, -0.2) is 42.6 Å². The van der Waals surface area contributed by atoms with Crippen LogP contribution in [0.15, 0.2) is 59.6 Å². The molecule has 10 heteroatoms.